The van der Waals surface area contributed by atoms with Crippen LogP contribution in [0.3, 0.4) is 0 Å². The van der Waals surface area contributed by atoms with E-state index in [1.54, 1.807) is 0 Å². The molecule has 0 unspecified atom stereocenters. The minimum absolute atomic E-state index is 0.430. The molecular formula is C13H20O2. The van der Waals surface area contributed by atoms with Crippen molar-refractivity contribution in [3.8, 4) is 24.7 Å². The van der Waals surface area contributed by atoms with Crippen LogP contribution >= 0.6 is 0 Å². The molecule has 0 heterocycles. The van der Waals surface area contributed by atoms with Crippen molar-refractivity contribution in [2.24, 2.45) is 0 Å². The zero-order chi connectivity index (χ0) is 11.2. The molecule has 0 saturated carbocycles. The first-order valence-corrected chi connectivity index (χ1v) is 5.44. The Labute approximate surface area is 93.3 Å². The second-order valence-corrected chi connectivity index (χ2v) is 3.28. The van der Waals surface area contributed by atoms with Gasteiger partial charge in [-0.1, -0.05) is 31.1 Å². The zero-order valence-electron chi connectivity index (χ0n) is 9.34. The first kappa shape index (κ1) is 14.0. The summed E-state index contributed by atoms with van der Waals surface area (Å²) >= 11 is 0. The third-order valence-corrected chi connectivity index (χ3v) is 1.95. The molecule has 2 heteroatoms. The third kappa shape index (κ3) is 13.0. The van der Waals surface area contributed by atoms with Crippen LogP contribution in [0.15, 0.2) is 0 Å². The summed E-state index contributed by atoms with van der Waals surface area (Å²) in [5.74, 6) is 4.89. The van der Waals surface area contributed by atoms with E-state index >= 15 is 0 Å². The number of ether oxygens (including phenoxy) is 2. The highest BCUT2D eigenvalue weighted by Crippen LogP contribution is 2.03. The summed E-state index contributed by atoms with van der Waals surface area (Å²) < 4.78 is 10.3. The van der Waals surface area contributed by atoms with Gasteiger partial charge in [0.15, 0.2) is 0 Å². The van der Waals surface area contributed by atoms with Gasteiger partial charge in [0.05, 0.1) is 0 Å². The van der Waals surface area contributed by atoms with Crippen LogP contribution in [0.25, 0.3) is 0 Å². The van der Waals surface area contributed by atoms with Crippen molar-refractivity contribution in [1.82, 2.24) is 0 Å². The molecule has 0 fully saturated rings. The Morgan fingerprint density at radius 3 is 1.47 bits per heavy atom. The maximum Gasteiger partial charge on any atom is 0.107 e. The topological polar surface area (TPSA) is 18.5 Å². The lowest BCUT2D eigenvalue weighted by Gasteiger charge is -2.02. The highest BCUT2D eigenvalue weighted by atomic mass is 16.5. The summed E-state index contributed by atoms with van der Waals surface area (Å²) in [6.07, 6.45) is 15.9. The van der Waals surface area contributed by atoms with Gasteiger partial charge in [0.2, 0.25) is 0 Å². The van der Waals surface area contributed by atoms with Crippen LogP contribution in [0, 0.1) is 24.7 Å². The predicted octanol–water partition coefficient (Wildman–Crippen LogP) is 2.24. The van der Waals surface area contributed by atoms with Crippen molar-refractivity contribution < 1.29 is 9.47 Å². The molecule has 0 saturated heterocycles. The van der Waals surface area contributed by atoms with Gasteiger partial charge in [-0.15, -0.1) is 12.8 Å². The Bertz CT molecular complexity index is 176. The number of terminal acetylenes is 2. The van der Waals surface area contributed by atoms with Crippen molar-refractivity contribution in [1.29, 1.82) is 0 Å². The molecule has 0 amide bonds. The van der Waals surface area contributed by atoms with Gasteiger partial charge in [-0.3, -0.25) is 0 Å². The fourth-order valence-electron chi connectivity index (χ4n) is 1.20. The van der Waals surface area contributed by atoms with Gasteiger partial charge < -0.3 is 9.47 Å². The fourth-order valence-corrected chi connectivity index (χ4v) is 1.20. The van der Waals surface area contributed by atoms with E-state index in [1.165, 1.54) is 19.3 Å². The van der Waals surface area contributed by atoms with Gasteiger partial charge in [0.25, 0.3) is 0 Å². The summed E-state index contributed by atoms with van der Waals surface area (Å²) in [7, 11) is 0. The molecule has 2 nitrogen and oxygen atoms in total. The smallest absolute Gasteiger partial charge is 0.107 e. The molecule has 84 valence electrons. The van der Waals surface area contributed by atoms with Gasteiger partial charge >= 0.3 is 0 Å². The molecule has 0 aromatic heterocycles. The molecule has 0 atom stereocenters. The molecule has 0 spiro atoms. The minimum Gasteiger partial charge on any atom is -0.369 e. The van der Waals surface area contributed by atoms with Crippen LogP contribution in [0.2, 0.25) is 0 Å². The molecule has 0 bridgehead atoms. The van der Waals surface area contributed by atoms with E-state index in [-0.39, 0.29) is 0 Å². The van der Waals surface area contributed by atoms with Crippen LogP contribution in [0.1, 0.15) is 32.1 Å². The first-order chi connectivity index (χ1) is 7.41. The van der Waals surface area contributed by atoms with Crippen LogP contribution in [0.5, 0.6) is 0 Å². The molecule has 0 radical (unpaired) electrons. The highest BCUT2D eigenvalue weighted by Gasteiger charge is 1.91. The second-order valence-electron chi connectivity index (χ2n) is 3.28. The van der Waals surface area contributed by atoms with E-state index in [2.05, 4.69) is 11.8 Å². The quantitative estimate of drug-likeness (QED) is 0.405. The predicted molar refractivity (Wildman–Crippen MR) is 62.4 cm³/mol. The Morgan fingerprint density at radius 1 is 0.667 bits per heavy atom. The van der Waals surface area contributed by atoms with Crippen molar-refractivity contribution >= 4 is 0 Å². The SMILES string of the molecule is C#CCOCCCCCCCOCC#C. The second kappa shape index (κ2) is 13.0. The van der Waals surface area contributed by atoms with Crippen molar-refractivity contribution in [3.05, 3.63) is 0 Å². The standard InChI is InChI=1S/C13H20O2/c1-3-10-14-12-8-6-5-7-9-13-15-11-4-2/h1-2H,5-13H2. The summed E-state index contributed by atoms with van der Waals surface area (Å²) in [6.45, 7) is 2.41. The molecular weight excluding hydrogens is 188 g/mol. The molecule has 0 aromatic rings. The molecule has 0 N–H and O–H groups in total. The molecule has 0 aliphatic rings. The van der Waals surface area contributed by atoms with E-state index < -0.39 is 0 Å². The average molecular weight is 208 g/mol. The number of hydrogen-bond acceptors (Lipinski definition) is 2. The van der Waals surface area contributed by atoms with Crippen LogP contribution in [0.4, 0.5) is 0 Å². The van der Waals surface area contributed by atoms with Gasteiger partial charge in [-0.05, 0) is 12.8 Å². The van der Waals surface area contributed by atoms with Gasteiger partial charge in [0, 0.05) is 13.2 Å². The lowest BCUT2D eigenvalue weighted by molar-refractivity contribution is 0.156. The lowest BCUT2D eigenvalue weighted by atomic mass is 10.1. The average Bonchev–Trinajstić information content (AvgIpc) is 2.26. The summed E-state index contributed by atoms with van der Waals surface area (Å²) in [5.41, 5.74) is 0. The molecule has 0 aliphatic carbocycles. The van der Waals surface area contributed by atoms with E-state index in [4.69, 9.17) is 22.3 Å². The third-order valence-electron chi connectivity index (χ3n) is 1.95. The van der Waals surface area contributed by atoms with Crippen molar-refractivity contribution in [2.75, 3.05) is 26.4 Å². The van der Waals surface area contributed by atoms with E-state index in [0.717, 1.165) is 26.1 Å². The molecule has 0 aliphatic heterocycles. The van der Waals surface area contributed by atoms with Gasteiger partial charge in [-0.25, -0.2) is 0 Å². The Morgan fingerprint density at radius 2 is 1.07 bits per heavy atom. The van der Waals surface area contributed by atoms with Crippen molar-refractivity contribution in [2.45, 2.75) is 32.1 Å². The number of hydrogen-bond donors (Lipinski definition) is 0. The summed E-state index contributed by atoms with van der Waals surface area (Å²) in [6, 6.07) is 0. The van der Waals surface area contributed by atoms with E-state index in [9.17, 15) is 0 Å². The van der Waals surface area contributed by atoms with E-state index in [0.29, 0.717) is 13.2 Å². The normalized spacial score (nSPS) is 9.47. The summed E-state index contributed by atoms with van der Waals surface area (Å²) in [4.78, 5) is 0. The Balaban J connectivity index is 2.88. The molecule has 15 heavy (non-hydrogen) atoms. The van der Waals surface area contributed by atoms with Crippen LogP contribution in [-0.4, -0.2) is 26.4 Å². The first-order valence-electron chi connectivity index (χ1n) is 5.44. The highest BCUT2D eigenvalue weighted by molar-refractivity contribution is 4.83. The maximum atomic E-state index is 5.16. The molecule has 0 rings (SSSR count). The van der Waals surface area contributed by atoms with E-state index in [1.807, 2.05) is 0 Å². The van der Waals surface area contributed by atoms with Crippen LogP contribution < -0.4 is 0 Å². The van der Waals surface area contributed by atoms with Gasteiger partial charge in [0.1, 0.15) is 13.2 Å². The number of rotatable bonds is 10. The lowest BCUT2D eigenvalue weighted by Crippen LogP contribution is -1.96. The van der Waals surface area contributed by atoms with Crippen LogP contribution in [-0.2, 0) is 9.47 Å². The number of unbranched alkanes of at least 4 members (excludes halogenated alkanes) is 4. The summed E-state index contributed by atoms with van der Waals surface area (Å²) in [5, 5.41) is 0. The van der Waals surface area contributed by atoms with Gasteiger partial charge in [-0.2, -0.15) is 0 Å². The molecule has 0 aromatic carbocycles. The Kier molecular flexibility index (Phi) is 12.2. The van der Waals surface area contributed by atoms with Crippen molar-refractivity contribution in [3.63, 3.8) is 0 Å². The Hall–Kier alpha value is -0.960. The monoisotopic (exact) mass is 208 g/mol. The zero-order valence-corrected chi connectivity index (χ0v) is 9.34. The minimum atomic E-state index is 0.430. The maximum absolute atomic E-state index is 5.16. The fraction of sp³-hybridized carbons (Fsp3) is 0.692. The largest absolute Gasteiger partial charge is 0.369 e.